The molecule has 104 valence electrons. The van der Waals surface area contributed by atoms with Gasteiger partial charge in [-0.1, -0.05) is 0 Å². The third-order valence-electron chi connectivity index (χ3n) is 2.97. The molecule has 5 nitrogen and oxygen atoms in total. The number of nitrogens with zero attached hydrogens (tertiary/aromatic N) is 1. The van der Waals surface area contributed by atoms with Crippen molar-refractivity contribution >= 4 is 17.3 Å². The molecule has 2 rings (SSSR count). The molecule has 0 aliphatic carbocycles. The number of benzene rings is 1. The first-order valence-corrected chi connectivity index (χ1v) is 6.13. The predicted molar refractivity (Wildman–Crippen MR) is 76.9 cm³/mol. The van der Waals surface area contributed by atoms with Crippen LogP contribution in [0, 0.1) is 13.8 Å². The molecule has 2 N–H and O–H groups in total. The average Bonchev–Trinajstić information content (AvgIpc) is 2.40. The monoisotopic (exact) mass is 272 g/mol. The number of carbonyl (C=O) groups is 1. The van der Waals surface area contributed by atoms with Gasteiger partial charge in [-0.25, -0.2) is 4.79 Å². The Balaban J connectivity index is 2.39. The second-order valence-corrected chi connectivity index (χ2v) is 4.48. The summed E-state index contributed by atoms with van der Waals surface area (Å²) in [5, 5.41) is 12.3. The van der Waals surface area contributed by atoms with Crippen molar-refractivity contribution < 1.29 is 14.6 Å². The molecule has 0 fully saturated rings. The van der Waals surface area contributed by atoms with Crippen LogP contribution in [0.2, 0.25) is 0 Å². The lowest BCUT2D eigenvalue weighted by Gasteiger charge is -2.13. The standard InChI is InChI=1S/C15H16N2O3/c1-9-6-11(20-3)4-5-13(9)17-14-7-10(2)16-8-12(14)15(18)19/h4-8H,1-3H3,(H,16,17)(H,18,19). The molecule has 0 spiro atoms. The minimum atomic E-state index is -1.01. The fourth-order valence-electron chi connectivity index (χ4n) is 1.88. The molecule has 0 atom stereocenters. The van der Waals surface area contributed by atoms with Gasteiger partial charge in [0.2, 0.25) is 0 Å². The topological polar surface area (TPSA) is 71.5 Å². The van der Waals surface area contributed by atoms with Crippen molar-refractivity contribution in [3.63, 3.8) is 0 Å². The van der Waals surface area contributed by atoms with Gasteiger partial charge in [0.1, 0.15) is 11.3 Å². The number of anilines is 2. The quantitative estimate of drug-likeness (QED) is 0.894. The Labute approximate surface area is 117 Å². The van der Waals surface area contributed by atoms with Crippen molar-refractivity contribution in [2.24, 2.45) is 0 Å². The molecule has 1 heterocycles. The van der Waals surface area contributed by atoms with Gasteiger partial charge in [0, 0.05) is 17.6 Å². The van der Waals surface area contributed by atoms with E-state index in [-0.39, 0.29) is 5.56 Å². The number of hydrogen-bond acceptors (Lipinski definition) is 4. The van der Waals surface area contributed by atoms with E-state index in [1.54, 1.807) is 13.2 Å². The SMILES string of the molecule is COc1ccc(Nc2cc(C)ncc2C(=O)O)c(C)c1. The molecule has 0 aliphatic heterocycles. The van der Waals surface area contributed by atoms with Crippen LogP contribution in [0.15, 0.2) is 30.5 Å². The number of hydrogen-bond donors (Lipinski definition) is 2. The van der Waals surface area contributed by atoms with E-state index in [9.17, 15) is 9.90 Å². The van der Waals surface area contributed by atoms with Gasteiger partial charge < -0.3 is 15.2 Å². The summed E-state index contributed by atoms with van der Waals surface area (Å²) in [5.41, 5.74) is 3.22. The van der Waals surface area contributed by atoms with Crippen LogP contribution >= 0.6 is 0 Å². The molecular weight excluding hydrogens is 256 g/mol. The fourth-order valence-corrected chi connectivity index (χ4v) is 1.88. The normalized spacial score (nSPS) is 10.2. The number of aryl methyl sites for hydroxylation is 2. The lowest BCUT2D eigenvalue weighted by molar-refractivity contribution is 0.0697. The number of ether oxygens (including phenoxy) is 1. The zero-order chi connectivity index (χ0) is 14.7. The molecule has 20 heavy (non-hydrogen) atoms. The summed E-state index contributed by atoms with van der Waals surface area (Å²) in [5.74, 6) is -0.247. The lowest BCUT2D eigenvalue weighted by atomic mass is 10.1. The molecule has 0 saturated carbocycles. The summed E-state index contributed by atoms with van der Waals surface area (Å²) in [6.07, 6.45) is 1.36. The largest absolute Gasteiger partial charge is 0.497 e. The molecule has 0 amide bonds. The van der Waals surface area contributed by atoms with Crippen LogP contribution in [0.1, 0.15) is 21.6 Å². The first kappa shape index (κ1) is 13.9. The number of rotatable bonds is 4. The molecular formula is C15H16N2O3. The molecule has 0 bridgehead atoms. The molecule has 0 unspecified atom stereocenters. The third kappa shape index (κ3) is 2.88. The number of aromatic carboxylic acids is 1. The minimum Gasteiger partial charge on any atom is -0.497 e. The number of pyridine rings is 1. The van der Waals surface area contributed by atoms with Gasteiger partial charge in [-0.2, -0.15) is 0 Å². The maximum absolute atomic E-state index is 11.2. The van der Waals surface area contributed by atoms with Gasteiger partial charge in [0.05, 0.1) is 12.8 Å². The zero-order valence-electron chi connectivity index (χ0n) is 11.6. The van der Waals surface area contributed by atoms with Crippen LogP contribution in [0.3, 0.4) is 0 Å². The highest BCUT2D eigenvalue weighted by Gasteiger charge is 2.12. The van der Waals surface area contributed by atoms with E-state index in [0.29, 0.717) is 5.69 Å². The van der Waals surface area contributed by atoms with Crippen molar-refractivity contribution in [2.45, 2.75) is 13.8 Å². The molecule has 0 radical (unpaired) electrons. The zero-order valence-corrected chi connectivity index (χ0v) is 11.6. The fraction of sp³-hybridized carbons (Fsp3) is 0.200. The Bertz CT molecular complexity index is 654. The molecule has 1 aromatic heterocycles. The van der Waals surface area contributed by atoms with E-state index >= 15 is 0 Å². The number of methoxy groups -OCH3 is 1. The number of carboxylic acids is 1. The number of aromatic nitrogens is 1. The predicted octanol–water partition coefficient (Wildman–Crippen LogP) is 3.15. The van der Waals surface area contributed by atoms with Crippen LogP contribution in [0.4, 0.5) is 11.4 Å². The van der Waals surface area contributed by atoms with Crippen LogP contribution < -0.4 is 10.1 Å². The van der Waals surface area contributed by atoms with Crippen molar-refractivity contribution in [1.29, 1.82) is 0 Å². The van der Waals surface area contributed by atoms with Gasteiger partial charge in [0.25, 0.3) is 0 Å². The number of nitrogens with one attached hydrogen (secondary N) is 1. The Morgan fingerprint density at radius 3 is 2.60 bits per heavy atom. The van der Waals surface area contributed by atoms with E-state index in [2.05, 4.69) is 10.3 Å². The summed E-state index contributed by atoms with van der Waals surface area (Å²) < 4.78 is 5.15. The first-order valence-electron chi connectivity index (χ1n) is 6.13. The Morgan fingerprint density at radius 1 is 1.25 bits per heavy atom. The maximum atomic E-state index is 11.2. The van der Waals surface area contributed by atoms with Crippen LogP contribution in [0.5, 0.6) is 5.75 Å². The van der Waals surface area contributed by atoms with Gasteiger partial charge >= 0.3 is 5.97 Å². The van der Waals surface area contributed by atoms with E-state index in [1.165, 1.54) is 6.20 Å². The molecule has 0 aliphatic rings. The smallest absolute Gasteiger partial charge is 0.339 e. The van der Waals surface area contributed by atoms with Crippen LogP contribution in [-0.4, -0.2) is 23.2 Å². The Hall–Kier alpha value is -2.56. The third-order valence-corrected chi connectivity index (χ3v) is 2.97. The van der Waals surface area contributed by atoms with Crippen molar-refractivity contribution in [2.75, 3.05) is 12.4 Å². The first-order chi connectivity index (χ1) is 9.51. The molecule has 2 aromatic rings. The molecule has 5 heteroatoms. The van der Waals surface area contributed by atoms with Crippen molar-refractivity contribution in [3.8, 4) is 5.75 Å². The van der Waals surface area contributed by atoms with Crippen molar-refractivity contribution in [3.05, 3.63) is 47.3 Å². The number of carboxylic acid groups (broad SMARTS) is 1. The van der Waals surface area contributed by atoms with Gasteiger partial charge in [-0.3, -0.25) is 4.98 Å². The van der Waals surface area contributed by atoms with Crippen LogP contribution in [0.25, 0.3) is 0 Å². The minimum absolute atomic E-state index is 0.144. The summed E-state index contributed by atoms with van der Waals surface area (Å²) in [4.78, 5) is 15.2. The molecule has 1 aromatic carbocycles. The Kier molecular flexibility index (Phi) is 3.89. The highest BCUT2D eigenvalue weighted by Crippen LogP contribution is 2.26. The molecule has 0 saturated heterocycles. The van der Waals surface area contributed by atoms with E-state index in [4.69, 9.17) is 4.74 Å². The van der Waals surface area contributed by atoms with Gasteiger partial charge in [-0.05, 0) is 43.7 Å². The maximum Gasteiger partial charge on any atom is 0.339 e. The highest BCUT2D eigenvalue weighted by atomic mass is 16.5. The van der Waals surface area contributed by atoms with E-state index in [0.717, 1.165) is 22.7 Å². The summed E-state index contributed by atoms with van der Waals surface area (Å²) >= 11 is 0. The van der Waals surface area contributed by atoms with E-state index in [1.807, 2.05) is 32.0 Å². The summed E-state index contributed by atoms with van der Waals surface area (Å²) in [6, 6.07) is 7.28. The highest BCUT2D eigenvalue weighted by molar-refractivity contribution is 5.95. The average molecular weight is 272 g/mol. The summed E-state index contributed by atoms with van der Waals surface area (Å²) in [6.45, 7) is 3.75. The lowest BCUT2D eigenvalue weighted by Crippen LogP contribution is -2.05. The summed E-state index contributed by atoms with van der Waals surface area (Å²) in [7, 11) is 1.61. The van der Waals surface area contributed by atoms with Gasteiger partial charge in [0.15, 0.2) is 0 Å². The second-order valence-electron chi connectivity index (χ2n) is 4.48. The van der Waals surface area contributed by atoms with Gasteiger partial charge in [-0.15, -0.1) is 0 Å². The van der Waals surface area contributed by atoms with E-state index < -0.39 is 5.97 Å². The van der Waals surface area contributed by atoms with Crippen LogP contribution in [-0.2, 0) is 0 Å². The second kappa shape index (κ2) is 5.61. The Morgan fingerprint density at radius 2 is 2.00 bits per heavy atom. The van der Waals surface area contributed by atoms with Crippen molar-refractivity contribution in [1.82, 2.24) is 4.98 Å².